The van der Waals surface area contributed by atoms with Gasteiger partial charge in [-0.15, -0.1) is 0 Å². The summed E-state index contributed by atoms with van der Waals surface area (Å²) >= 11 is 0. The highest BCUT2D eigenvalue weighted by atomic mass is 16.7. The summed E-state index contributed by atoms with van der Waals surface area (Å²) in [7, 11) is 0. The zero-order valence-corrected chi connectivity index (χ0v) is 22.9. The summed E-state index contributed by atoms with van der Waals surface area (Å²) in [5, 5.41) is 9.09. The lowest BCUT2D eigenvalue weighted by atomic mass is 9.88. The van der Waals surface area contributed by atoms with E-state index < -0.39 is 5.97 Å². The van der Waals surface area contributed by atoms with Gasteiger partial charge < -0.3 is 33.5 Å². The molecule has 2 aliphatic carbocycles. The van der Waals surface area contributed by atoms with E-state index in [-0.39, 0.29) is 37.1 Å². The number of benzene rings is 1. The Kier molecular flexibility index (Phi) is 10.8. The Labute approximate surface area is 231 Å². The van der Waals surface area contributed by atoms with Gasteiger partial charge in [0.05, 0.1) is 32.5 Å². The fourth-order valence-electron chi connectivity index (χ4n) is 6.53. The average Bonchev–Trinajstić information content (AvgIpc) is 3.50. The van der Waals surface area contributed by atoms with E-state index in [1.165, 1.54) is 5.57 Å². The first-order chi connectivity index (χ1) is 19.2. The summed E-state index contributed by atoms with van der Waals surface area (Å²) in [5.41, 5.74) is 2.42. The maximum absolute atomic E-state index is 11.1. The minimum absolute atomic E-state index is 0.0166. The van der Waals surface area contributed by atoms with Crippen LogP contribution in [0, 0.1) is 23.7 Å². The molecule has 39 heavy (non-hydrogen) atoms. The van der Waals surface area contributed by atoms with Gasteiger partial charge in [0.1, 0.15) is 6.61 Å². The topological polar surface area (TPSA) is 92.7 Å². The van der Waals surface area contributed by atoms with E-state index in [1.54, 1.807) is 0 Å². The lowest BCUT2D eigenvalue weighted by molar-refractivity contribution is -0.211. The molecule has 216 valence electrons. The van der Waals surface area contributed by atoms with Crippen LogP contribution in [0.5, 0.6) is 0 Å². The van der Waals surface area contributed by atoms with Crippen LogP contribution >= 0.6 is 0 Å². The Morgan fingerprint density at radius 2 is 1.72 bits per heavy atom. The van der Waals surface area contributed by atoms with Crippen molar-refractivity contribution in [3.05, 3.63) is 47.5 Å². The molecule has 2 aliphatic heterocycles. The quantitative estimate of drug-likeness (QED) is 0.329. The number of ether oxygens (including phenoxy) is 6. The van der Waals surface area contributed by atoms with Gasteiger partial charge in [-0.1, -0.05) is 42.0 Å². The Hall–Kier alpha value is -1.81. The molecule has 1 aromatic carbocycles. The SMILES string of the molecule is O=C(O)COCC(COCc1ccccc1)C1=CC2C[C@@H](OC3CCCCO3)[C@H](COC3CCCCO3)C2C1. The second-order valence-electron chi connectivity index (χ2n) is 11.4. The predicted molar refractivity (Wildman–Crippen MR) is 144 cm³/mol. The van der Waals surface area contributed by atoms with Crippen LogP contribution in [0.4, 0.5) is 0 Å². The van der Waals surface area contributed by atoms with Crippen LogP contribution in [-0.4, -0.2) is 69.4 Å². The first-order valence-corrected chi connectivity index (χ1v) is 14.8. The molecule has 1 N–H and O–H groups in total. The van der Waals surface area contributed by atoms with E-state index in [1.807, 2.05) is 30.3 Å². The Balaban J connectivity index is 1.23. The molecular weight excluding hydrogens is 500 g/mol. The van der Waals surface area contributed by atoms with Gasteiger partial charge in [0.2, 0.25) is 0 Å². The van der Waals surface area contributed by atoms with Crippen molar-refractivity contribution in [3.8, 4) is 0 Å². The van der Waals surface area contributed by atoms with Crippen LogP contribution in [0.3, 0.4) is 0 Å². The lowest BCUT2D eigenvalue weighted by Gasteiger charge is -2.32. The number of carboxylic acid groups (broad SMARTS) is 1. The molecule has 8 heteroatoms. The summed E-state index contributed by atoms with van der Waals surface area (Å²) in [5.74, 6) is 0.121. The summed E-state index contributed by atoms with van der Waals surface area (Å²) in [4.78, 5) is 11.1. The summed E-state index contributed by atoms with van der Waals surface area (Å²) < 4.78 is 36.3. The van der Waals surface area contributed by atoms with E-state index in [0.717, 1.165) is 70.1 Å². The van der Waals surface area contributed by atoms with Crippen LogP contribution in [0.25, 0.3) is 0 Å². The van der Waals surface area contributed by atoms with Gasteiger partial charge in [0.15, 0.2) is 12.6 Å². The molecule has 1 aromatic rings. The molecule has 1 saturated carbocycles. The second kappa shape index (κ2) is 14.7. The van der Waals surface area contributed by atoms with Crippen LogP contribution < -0.4 is 0 Å². The van der Waals surface area contributed by atoms with Crippen LogP contribution in [0.1, 0.15) is 56.9 Å². The average molecular weight is 545 g/mol. The van der Waals surface area contributed by atoms with Crippen LogP contribution in [-0.2, 0) is 39.8 Å². The maximum atomic E-state index is 11.1. The van der Waals surface area contributed by atoms with Crippen molar-refractivity contribution < 1.29 is 38.3 Å². The van der Waals surface area contributed by atoms with Crippen molar-refractivity contribution in [2.24, 2.45) is 23.7 Å². The zero-order valence-electron chi connectivity index (χ0n) is 22.9. The summed E-state index contributed by atoms with van der Waals surface area (Å²) in [6, 6.07) is 10.1. The molecule has 5 rings (SSSR count). The van der Waals surface area contributed by atoms with Gasteiger partial charge in [0.25, 0.3) is 0 Å². The second-order valence-corrected chi connectivity index (χ2v) is 11.4. The first kappa shape index (κ1) is 28.7. The van der Waals surface area contributed by atoms with Gasteiger partial charge in [0, 0.05) is 25.0 Å². The Morgan fingerprint density at radius 1 is 0.974 bits per heavy atom. The monoisotopic (exact) mass is 544 g/mol. The number of allylic oxidation sites excluding steroid dienone is 1. The fourth-order valence-corrected chi connectivity index (χ4v) is 6.53. The molecule has 0 spiro atoms. The molecule has 8 nitrogen and oxygen atoms in total. The predicted octanol–water partition coefficient (Wildman–Crippen LogP) is 4.96. The molecule has 0 bridgehead atoms. The normalized spacial score (nSPS) is 31.5. The molecule has 2 saturated heterocycles. The van der Waals surface area contributed by atoms with Gasteiger partial charge in [-0.05, 0) is 68.8 Å². The minimum Gasteiger partial charge on any atom is -0.480 e. The zero-order chi connectivity index (χ0) is 26.9. The highest BCUT2D eigenvalue weighted by molar-refractivity contribution is 5.67. The van der Waals surface area contributed by atoms with Crippen LogP contribution in [0.2, 0.25) is 0 Å². The Morgan fingerprint density at radius 3 is 2.44 bits per heavy atom. The van der Waals surface area contributed by atoms with Crippen LogP contribution in [0.15, 0.2) is 42.0 Å². The highest BCUT2D eigenvalue weighted by Crippen LogP contribution is 2.50. The van der Waals surface area contributed by atoms with E-state index in [9.17, 15) is 4.79 Å². The molecule has 0 amide bonds. The van der Waals surface area contributed by atoms with Crippen molar-refractivity contribution in [3.63, 3.8) is 0 Å². The maximum Gasteiger partial charge on any atom is 0.329 e. The van der Waals surface area contributed by atoms with E-state index in [2.05, 4.69) is 6.08 Å². The number of carbonyl (C=O) groups is 1. The largest absolute Gasteiger partial charge is 0.480 e. The summed E-state index contributed by atoms with van der Waals surface area (Å²) in [6.45, 7) is 3.20. The number of hydrogen-bond acceptors (Lipinski definition) is 7. The number of carboxylic acids is 1. The highest BCUT2D eigenvalue weighted by Gasteiger charge is 2.48. The van der Waals surface area contributed by atoms with Gasteiger partial charge in [-0.25, -0.2) is 4.79 Å². The third kappa shape index (κ3) is 8.35. The van der Waals surface area contributed by atoms with Gasteiger partial charge >= 0.3 is 5.97 Å². The molecule has 3 fully saturated rings. The van der Waals surface area contributed by atoms with Crippen molar-refractivity contribution in [1.82, 2.24) is 0 Å². The molecule has 0 radical (unpaired) electrons. The molecule has 0 aromatic heterocycles. The van der Waals surface area contributed by atoms with E-state index >= 15 is 0 Å². The number of fused-ring (bicyclic) bond motifs is 1. The van der Waals surface area contributed by atoms with Gasteiger partial charge in [-0.2, -0.15) is 0 Å². The molecule has 7 atom stereocenters. The van der Waals surface area contributed by atoms with E-state index in [0.29, 0.717) is 38.3 Å². The lowest BCUT2D eigenvalue weighted by Crippen LogP contribution is -2.35. The first-order valence-electron chi connectivity index (χ1n) is 14.8. The number of rotatable bonds is 14. The van der Waals surface area contributed by atoms with Crippen molar-refractivity contribution in [1.29, 1.82) is 0 Å². The fraction of sp³-hybridized carbons (Fsp3) is 0.710. The Bertz CT molecular complexity index is 908. The third-order valence-electron chi connectivity index (χ3n) is 8.56. The minimum atomic E-state index is -0.955. The third-order valence-corrected chi connectivity index (χ3v) is 8.56. The molecular formula is C31H44O8. The standard InChI is InChI=1S/C31H44O8/c32-29(33)21-35-19-25(18-34-17-22-8-2-1-3-9-22)23-14-24-16-28(39-31-11-5-7-13-37-31)27(26(24)15-23)20-38-30-10-4-6-12-36-30/h1-3,8-9,14,24-28,30-31H,4-7,10-13,15-21H2,(H,32,33)/t24?,25?,26?,27-,28-,30?,31?/m1/s1. The van der Waals surface area contributed by atoms with Gasteiger partial charge in [-0.3, -0.25) is 0 Å². The smallest absolute Gasteiger partial charge is 0.329 e. The molecule has 5 unspecified atom stereocenters. The van der Waals surface area contributed by atoms with Crippen molar-refractivity contribution >= 4 is 5.97 Å². The number of aliphatic carboxylic acids is 1. The van der Waals surface area contributed by atoms with Crippen molar-refractivity contribution in [2.75, 3.05) is 39.6 Å². The van der Waals surface area contributed by atoms with E-state index in [4.69, 9.17) is 33.5 Å². The number of hydrogen-bond donors (Lipinski definition) is 1. The molecule has 4 aliphatic rings. The summed E-state index contributed by atoms with van der Waals surface area (Å²) in [6.07, 6.45) is 10.5. The van der Waals surface area contributed by atoms with Crippen molar-refractivity contribution in [2.45, 2.75) is 76.7 Å². The molecule has 2 heterocycles.